The van der Waals surface area contributed by atoms with Crippen LogP contribution in [0.2, 0.25) is 0 Å². The zero-order chi connectivity index (χ0) is 10.1. The number of rotatable bonds is 1. The highest BCUT2D eigenvalue weighted by Gasteiger charge is 2.39. The van der Waals surface area contributed by atoms with Crippen LogP contribution in [0.25, 0.3) is 0 Å². The zero-order valence-electron chi connectivity index (χ0n) is 7.17. The molecule has 0 fully saturated rings. The highest BCUT2D eigenvalue weighted by molar-refractivity contribution is 5.23. The predicted molar refractivity (Wildman–Crippen MR) is 43.1 cm³/mol. The number of hydrogen-bond donors (Lipinski definition) is 1. The Bertz CT molecular complexity index is 238. The topological polar surface area (TPSA) is 20.2 Å². The van der Waals surface area contributed by atoms with Crippen molar-refractivity contribution in [1.82, 2.24) is 0 Å². The molecule has 13 heavy (non-hydrogen) atoms. The predicted octanol–water partition coefficient (Wildman–Crippen LogP) is 2.43. The molecule has 0 bridgehead atoms. The van der Waals surface area contributed by atoms with Gasteiger partial charge < -0.3 is 5.11 Å². The fourth-order valence-electron chi connectivity index (χ4n) is 1.24. The highest BCUT2D eigenvalue weighted by atomic mass is 19.4. The van der Waals surface area contributed by atoms with Crippen LogP contribution in [0.15, 0.2) is 23.8 Å². The quantitative estimate of drug-likeness (QED) is 0.676. The molecule has 2 atom stereocenters. The highest BCUT2D eigenvalue weighted by Crippen LogP contribution is 2.34. The molecule has 1 nitrogen and oxygen atoms in total. The Morgan fingerprint density at radius 3 is 2.62 bits per heavy atom. The molecule has 4 heteroatoms. The average Bonchev–Trinajstić information content (AvgIpc) is 2.03. The first-order valence-corrected chi connectivity index (χ1v) is 4.03. The molecule has 0 aromatic heterocycles. The molecule has 1 rings (SSSR count). The summed E-state index contributed by atoms with van der Waals surface area (Å²) in [6.07, 6.45) is -1.12. The van der Waals surface area contributed by atoms with E-state index in [2.05, 4.69) is 0 Å². The maximum Gasteiger partial charge on any atom is 0.395 e. The van der Waals surface area contributed by atoms with Gasteiger partial charge in [-0.25, -0.2) is 0 Å². The van der Waals surface area contributed by atoms with E-state index in [0.717, 1.165) is 6.08 Å². The SMILES string of the molecule is CC(O)C1=CC=CC(C(F)(F)F)C1. The van der Waals surface area contributed by atoms with E-state index >= 15 is 0 Å². The van der Waals surface area contributed by atoms with Gasteiger partial charge in [0.25, 0.3) is 0 Å². The van der Waals surface area contributed by atoms with Crippen LogP contribution in [-0.4, -0.2) is 17.4 Å². The number of hydrogen-bond acceptors (Lipinski definition) is 1. The van der Waals surface area contributed by atoms with Crippen molar-refractivity contribution in [1.29, 1.82) is 0 Å². The van der Waals surface area contributed by atoms with Crippen molar-refractivity contribution in [2.45, 2.75) is 25.6 Å². The lowest BCUT2D eigenvalue weighted by Crippen LogP contribution is -2.24. The second-order valence-electron chi connectivity index (χ2n) is 3.15. The molecule has 2 unspecified atom stereocenters. The fourth-order valence-corrected chi connectivity index (χ4v) is 1.24. The Hall–Kier alpha value is -0.770. The molecule has 1 aliphatic carbocycles. The van der Waals surface area contributed by atoms with Gasteiger partial charge in [0.1, 0.15) is 0 Å². The summed E-state index contributed by atoms with van der Waals surface area (Å²) in [4.78, 5) is 0. The van der Waals surface area contributed by atoms with E-state index in [1.807, 2.05) is 0 Å². The third-order valence-corrected chi connectivity index (χ3v) is 2.07. The summed E-state index contributed by atoms with van der Waals surface area (Å²) in [6.45, 7) is 1.47. The van der Waals surface area contributed by atoms with Gasteiger partial charge in [0.15, 0.2) is 0 Å². The minimum atomic E-state index is -4.20. The Morgan fingerprint density at radius 2 is 2.15 bits per heavy atom. The number of aliphatic hydroxyl groups excluding tert-OH is 1. The van der Waals surface area contributed by atoms with Crippen LogP contribution in [0.1, 0.15) is 13.3 Å². The zero-order valence-corrected chi connectivity index (χ0v) is 7.17. The molecule has 0 amide bonds. The lowest BCUT2D eigenvalue weighted by molar-refractivity contribution is -0.161. The van der Waals surface area contributed by atoms with Crippen molar-refractivity contribution < 1.29 is 18.3 Å². The smallest absolute Gasteiger partial charge is 0.389 e. The second kappa shape index (κ2) is 3.54. The summed E-state index contributed by atoms with van der Waals surface area (Å²) >= 11 is 0. The van der Waals surface area contributed by atoms with Crippen molar-refractivity contribution in [2.24, 2.45) is 5.92 Å². The van der Waals surface area contributed by atoms with Crippen molar-refractivity contribution in [2.75, 3.05) is 0 Å². The lowest BCUT2D eigenvalue weighted by Gasteiger charge is -2.22. The first kappa shape index (κ1) is 10.3. The van der Waals surface area contributed by atoms with E-state index < -0.39 is 18.2 Å². The van der Waals surface area contributed by atoms with Gasteiger partial charge >= 0.3 is 6.18 Å². The number of halogens is 3. The first-order chi connectivity index (χ1) is 5.91. The summed E-state index contributed by atoms with van der Waals surface area (Å²) < 4.78 is 36.7. The van der Waals surface area contributed by atoms with Gasteiger partial charge in [0, 0.05) is 0 Å². The third-order valence-electron chi connectivity index (χ3n) is 2.07. The lowest BCUT2D eigenvalue weighted by atomic mass is 9.91. The summed E-state index contributed by atoms with van der Waals surface area (Å²) in [7, 11) is 0. The molecule has 0 aromatic carbocycles. The summed E-state index contributed by atoms with van der Waals surface area (Å²) in [5, 5.41) is 9.09. The van der Waals surface area contributed by atoms with Gasteiger partial charge in [0.2, 0.25) is 0 Å². The maximum atomic E-state index is 12.2. The molecule has 1 aliphatic rings. The average molecular weight is 192 g/mol. The molecule has 0 spiro atoms. The Labute approximate surface area is 74.6 Å². The van der Waals surface area contributed by atoms with Gasteiger partial charge in [-0.2, -0.15) is 13.2 Å². The molecule has 0 saturated heterocycles. The molecule has 0 heterocycles. The summed E-state index contributed by atoms with van der Waals surface area (Å²) in [5.41, 5.74) is 0.435. The molecule has 1 N–H and O–H groups in total. The summed E-state index contributed by atoms with van der Waals surface area (Å²) in [5.74, 6) is -1.44. The Balaban J connectivity index is 2.70. The van der Waals surface area contributed by atoms with Gasteiger partial charge in [-0.05, 0) is 18.9 Å². The molecular weight excluding hydrogens is 181 g/mol. The van der Waals surface area contributed by atoms with E-state index in [-0.39, 0.29) is 6.42 Å². The van der Waals surface area contributed by atoms with E-state index in [1.165, 1.54) is 19.1 Å². The Kier molecular flexibility index (Phi) is 2.81. The summed E-state index contributed by atoms with van der Waals surface area (Å²) in [6, 6.07) is 0. The monoisotopic (exact) mass is 192 g/mol. The number of alkyl halides is 3. The maximum absolute atomic E-state index is 12.2. The van der Waals surface area contributed by atoms with Gasteiger partial charge in [-0.15, -0.1) is 0 Å². The molecule has 0 radical (unpaired) electrons. The van der Waals surface area contributed by atoms with E-state index in [9.17, 15) is 13.2 Å². The molecule has 0 aromatic rings. The van der Waals surface area contributed by atoms with E-state index in [1.54, 1.807) is 0 Å². The van der Waals surface area contributed by atoms with Crippen LogP contribution in [0.3, 0.4) is 0 Å². The van der Waals surface area contributed by atoms with Crippen LogP contribution < -0.4 is 0 Å². The standard InChI is InChI=1S/C9H11F3O/c1-6(13)7-3-2-4-8(5-7)9(10,11)12/h2-4,6,8,13H,5H2,1H3. The van der Waals surface area contributed by atoms with Crippen molar-refractivity contribution in [3.8, 4) is 0 Å². The van der Waals surface area contributed by atoms with Crippen molar-refractivity contribution in [3.05, 3.63) is 23.8 Å². The molecule has 0 saturated carbocycles. The third kappa shape index (κ3) is 2.59. The van der Waals surface area contributed by atoms with E-state index in [4.69, 9.17) is 5.11 Å². The van der Waals surface area contributed by atoms with Crippen LogP contribution in [0, 0.1) is 5.92 Å². The molecular formula is C9H11F3O. The van der Waals surface area contributed by atoms with Gasteiger partial charge in [0.05, 0.1) is 12.0 Å². The molecule has 74 valence electrons. The van der Waals surface area contributed by atoms with Gasteiger partial charge in [-0.1, -0.05) is 18.2 Å². The fraction of sp³-hybridized carbons (Fsp3) is 0.556. The van der Waals surface area contributed by atoms with Crippen LogP contribution in [0.4, 0.5) is 13.2 Å². The van der Waals surface area contributed by atoms with Gasteiger partial charge in [-0.3, -0.25) is 0 Å². The van der Waals surface area contributed by atoms with Crippen molar-refractivity contribution in [3.63, 3.8) is 0 Å². The number of allylic oxidation sites excluding steroid dienone is 3. The minimum absolute atomic E-state index is 0.127. The normalized spacial score (nSPS) is 25.6. The van der Waals surface area contributed by atoms with Crippen LogP contribution in [-0.2, 0) is 0 Å². The van der Waals surface area contributed by atoms with E-state index in [0.29, 0.717) is 5.57 Å². The first-order valence-electron chi connectivity index (χ1n) is 4.03. The largest absolute Gasteiger partial charge is 0.395 e. The van der Waals surface area contributed by atoms with Crippen molar-refractivity contribution >= 4 is 0 Å². The Morgan fingerprint density at radius 1 is 1.54 bits per heavy atom. The second-order valence-corrected chi connectivity index (χ2v) is 3.15. The minimum Gasteiger partial charge on any atom is -0.389 e. The number of aliphatic hydroxyl groups is 1. The van der Waals surface area contributed by atoms with Crippen LogP contribution in [0.5, 0.6) is 0 Å². The van der Waals surface area contributed by atoms with Crippen LogP contribution >= 0.6 is 0 Å². The molecule has 0 aliphatic heterocycles.